The van der Waals surface area contributed by atoms with Gasteiger partial charge in [0.2, 0.25) is 0 Å². The normalized spacial score (nSPS) is 32.8. The molecule has 0 aliphatic heterocycles. The number of sulfone groups is 1. The minimum atomic E-state index is -3.04. The topological polar surface area (TPSA) is 47.0 Å². The molecule has 5 heteroatoms. The fourth-order valence-corrected chi connectivity index (χ4v) is 5.96. The van der Waals surface area contributed by atoms with Crippen LogP contribution in [0, 0.1) is 17.8 Å². The highest BCUT2D eigenvalue weighted by atomic mass is 32.2. The monoisotopic (exact) mass is 285 g/mol. The first kappa shape index (κ1) is 12.6. The molecule has 100 valence electrons. The van der Waals surface area contributed by atoms with Crippen LogP contribution in [0.1, 0.15) is 42.9 Å². The van der Waals surface area contributed by atoms with E-state index in [0.29, 0.717) is 11.7 Å². The number of rotatable bonds is 4. The van der Waals surface area contributed by atoms with Crippen LogP contribution in [0.5, 0.6) is 0 Å². The molecule has 2 fully saturated rings. The lowest BCUT2D eigenvalue weighted by atomic mass is 9.91. The third-order valence-electron chi connectivity index (χ3n) is 4.46. The van der Waals surface area contributed by atoms with Crippen molar-refractivity contribution >= 4 is 21.2 Å². The fraction of sp³-hybridized carbons (Fsp3) is 0.769. The van der Waals surface area contributed by atoms with Crippen LogP contribution in [0.25, 0.3) is 0 Å². The predicted molar refractivity (Wildman–Crippen MR) is 73.3 cm³/mol. The van der Waals surface area contributed by atoms with Gasteiger partial charge in [-0.2, -0.15) is 0 Å². The molecule has 0 bridgehead atoms. The molecule has 2 aliphatic rings. The van der Waals surface area contributed by atoms with Gasteiger partial charge in [-0.3, -0.25) is 0 Å². The molecule has 1 aromatic heterocycles. The van der Waals surface area contributed by atoms with Crippen molar-refractivity contribution in [2.75, 3.05) is 5.75 Å². The Labute approximate surface area is 113 Å². The summed E-state index contributed by atoms with van der Waals surface area (Å²) in [4.78, 5) is 4.14. The minimum absolute atomic E-state index is 0.358. The van der Waals surface area contributed by atoms with Crippen molar-refractivity contribution in [2.45, 2.75) is 37.9 Å². The highest BCUT2D eigenvalue weighted by molar-refractivity contribution is 7.91. The standard InChI is InChI=1S/C13H19NO2S2/c1-9(13-14-4-5-17-13)18(15,16)8-10-2-3-11-7-12(11)6-10/h4-5,9-12H,2-3,6-8H2,1H3. The van der Waals surface area contributed by atoms with E-state index in [1.54, 1.807) is 13.1 Å². The zero-order valence-corrected chi connectivity index (χ0v) is 12.2. The maximum atomic E-state index is 12.4. The molecule has 2 saturated carbocycles. The molecule has 0 amide bonds. The molecule has 0 spiro atoms. The molecular weight excluding hydrogens is 266 g/mol. The summed E-state index contributed by atoms with van der Waals surface area (Å²) in [6.07, 6.45) is 6.51. The molecule has 0 aromatic carbocycles. The van der Waals surface area contributed by atoms with Gasteiger partial charge in [0.15, 0.2) is 9.84 Å². The average Bonchev–Trinajstić information content (AvgIpc) is 2.88. The lowest BCUT2D eigenvalue weighted by molar-refractivity contribution is 0.368. The van der Waals surface area contributed by atoms with E-state index in [9.17, 15) is 8.42 Å². The summed E-state index contributed by atoms with van der Waals surface area (Å²) < 4.78 is 24.8. The molecule has 4 unspecified atom stereocenters. The molecule has 2 aliphatic carbocycles. The zero-order valence-electron chi connectivity index (χ0n) is 10.6. The molecule has 3 rings (SSSR count). The van der Waals surface area contributed by atoms with Gasteiger partial charge in [-0.05, 0) is 50.4 Å². The first-order chi connectivity index (χ1) is 8.56. The third-order valence-corrected chi connectivity index (χ3v) is 7.80. The summed E-state index contributed by atoms with van der Waals surface area (Å²) in [5, 5.41) is 2.14. The van der Waals surface area contributed by atoms with Crippen LogP contribution in [0.4, 0.5) is 0 Å². The highest BCUT2D eigenvalue weighted by Crippen LogP contribution is 2.51. The van der Waals surface area contributed by atoms with Crippen LogP contribution < -0.4 is 0 Å². The first-order valence-corrected chi connectivity index (χ1v) is 9.26. The number of hydrogen-bond donors (Lipinski definition) is 0. The molecule has 0 saturated heterocycles. The van der Waals surface area contributed by atoms with Crippen molar-refractivity contribution in [1.29, 1.82) is 0 Å². The Morgan fingerprint density at radius 3 is 2.89 bits per heavy atom. The van der Waals surface area contributed by atoms with E-state index in [1.807, 2.05) is 5.38 Å². The van der Waals surface area contributed by atoms with Gasteiger partial charge in [-0.25, -0.2) is 13.4 Å². The van der Waals surface area contributed by atoms with E-state index in [2.05, 4.69) is 4.98 Å². The molecule has 18 heavy (non-hydrogen) atoms. The van der Waals surface area contributed by atoms with Gasteiger partial charge >= 0.3 is 0 Å². The molecule has 4 atom stereocenters. The summed E-state index contributed by atoms with van der Waals surface area (Å²) in [5.74, 6) is 2.52. The lowest BCUT2D eigenvalue weighted by Gasteiger charge is -2.22. The number of hydrogen-bond acceptors (Lipinski definition) is 4. The van der Waals surface area contributed by atoms with Crippen LogP contribution in [-0.2, 0) is 9.84 Å². The van der Waals surface area contributed by atoms with Gasteiger partial charge in [0, 0.05) is 11.6 Å². The zero-order chi connectivity index (χ0) is 12.8. The first-order valence-electron chi connectivity index (χ1n) is 6.67. The second-order valence-corrected chi connectivity index (χ2v) is 9.07. The fourth-order valence-electron chi connectivity index (χ4n) is 3.16. The quantitative estimate of drug-likeness (QED) is 0.854. The largest absolute Gasteiger partial charge is 0.248 e. The maximum Gasteiger partial charge on any atom is 0.159 e. The van der Waals surface area contributed by atoms with Crippen LogP contribution in [0.15, 0.2) is 11.6 Å². The number of thiazole rings is 1. The molecule has 3 nitrogen and oxygen atoms in total. The van der Waals surface area contributed by atoms with Gasteiger partial charge in [-0.1, -0.05) is 0 Å². The molecule has 1 aromatic rings. The number of nitrogens with zero attached hydrogens (tertiary/aromatic N) is 1. The van der Waals surface area contributed by atoms with Crippen LogP contribution in [-0.4, -0.2) is 19.2 Å². The molecular formula is C13H19NO2S2. The van der Waals surface area contributed by atoms with Crippen molar-refractivity contribution < 1.29 is 8.42 Å². The second-order valence-electron chi connectivity index (χ2n) is 5.78. The van der Waals surface area contributed by atoms with Crippen molar-refractivity contribution in [1.82, 2.24) is 4.98 Å². The Balaban J connectivity index is 1.66. The van der Waals surface area contributed by atoms with E-state index in [0.717, 1.165) is 29.7 Å². The summed E-state index contributed by atoms with van der Waals surface area (Å²) >= 11 is 1.44. The van der Waals surface area contributed by atoms with Crippen molar-refractivity contribution in [3.05, 3.63) is 16.6 Å². The van der Waals surface area contributed by atoms with Crippen molar-refractivity contribution in [3.63, 3.8) is 0 Å². The van der Waals surface area contributed by atoms with Crippen molar-refractivity contribution in [3.8, 4) is 0 Å². The highest BCUT2D eigenvalue weighted by Gasteiger charge is 2.43. The van der Waals surface area contributed by atoms with Gasteiger partial charge in [0.05, 0.1) is 5.75 Å². The summed E-state index contributed by atoms with van der Waals surface area (Å²) in [6, 6.07) is 0. The summed E-state index contributed by atoms with van der Waals surface area (Å²) in [5.41, 5.74) is 0. The van der Waals surface area contributed by atoms with Gasteiger partial charge in [0.1, 0.15) is 10.3 Å². The maximum absolute atomic E-state index is 12.4. The average molecular weight is 285 g/mol. The predicted octanol–water partition coefficient (Wildman–Crippen LogP) is 3.06. The van der Waals surface area contributed by atoms with Gasteiger partial charge in [0.25, 0.3) is 0 Å². The van der Waals surface area contributed by atoms with Gasteiger partial charge in [-0.15, -0.1) is 11.3 Å². The minimum Gasteiger partial charge on any atom is -0.248 e. The third kappa shape index (κ3) is 2.48. The summed E-state index contributed by atoms with van der Waals surface area (Å²) in [7, 11) is -3.04. The van der Waals surface area contributed by atoms with Crippen LogP contribution in [0.3, 0.4) is 0 Å². The number of fused-ring (bicyclic) bond motifs is 1. The Bertz CT molecular complexity index is 509. The van der Waals surface area contributed by atoms with E-state index in [1.165, 1.54) is 24.2 Å². The van der Waals surface area contributed by atoms with E-state index in [4.69, 9.17) is 0 Å². The van der Waals surface area contributed by atoms with Crippen LogP contribution in [0.2, 0.25) is 0 Å². The Kier molecular flexibility index (Phi) is 3.22. The molecule has 0 radical (unpaired) electrons. The smallest absolute Gasteiger partial charge is 0.159 e. The second kappa shape index (κ2) is 4.60. The summed E-state index contributed by atoms with van der Waals surface area (Å²) in [6.45, 7) is 1.77. The SMILES string of the molecule is CC(c1nccs1)S(=O)(=O)CC1CCC2CC2C1. The van der Waals surface area contributed by atoms with Gasteiger partial charge < -0.3 is 0 Å². The molecule has 1 heterocycles. The molecule has 0 N–H and O–H groups in total. The van der Waals surface area contributed by atoms with E-state index < -0.39 is 15.1 Å². The van der Waals surface area contributed by atoms with Crippen LogP contribution >= 0.6 is 11.3 Å². The Morgan fingerprint density at radius 2 is 2.22 bits per heavy atom. The van der Waals surface area contributed by atoms with E-state index in [-0.39, 0.29) is 0 Å². The number of aromatic nitrogens is 1. The Hall–Kier alpha value is -0.420. The Morgan fingerprint density at radius 1 is 1.39 bits per heavy atom. The van der Waals surface area contributed by atoms with Crippen molar-refractivity contribution in [2.24, 2.45) is 17.8 Å². The lowest BCUT2D eigenvalue weighted by Crippen LogP contribution is -2.23. The van der Waals surface area contributed by atoms with E-state index >= 15 is 0 Å².